The number of rotatable bonds is 17. The molecule has 1 amide bonds. The van der Waals surface area contributed by atoms with E-state index < -0.39 is 5.91 Å². The molecule has 0 radical (unpaired) electrons. The lowest BCUT2D eigenvalue weighted by molar-refractivity contribution is -0.166. The van der Waals surface area contributed by atoms with Gasteiger partial charge in [0.2, 0.25) is 0 Å². The molecule has 4 nitrogen and oxygen atoms in total. The van der Waals surface area contributed by atoms with Gasteiger partial charge in [-0.15, -0.1) is 0 Å². The average Bonchev–Trinajstić information content (AvgIpc) is 2.54. The largest absolute Gasteiger partial charge is 0.271 e. The Kier molecular flexibility index (Phi) is 17.3. The number of hydroxylamine groups is 1. The quantitative estimate of drug-likeness (QED) is 0.118. The number of carbonyl (C=O) groups excluding carboxylic acids is 1. The zero-order valence-electron chi connectivity index (χ0n) is 15.4. The number of carbonyl (C=O) groups is 1. The molecule has 0 aliphatic carbocycles. The summed E-state index contributed by atoms with van der Waals surface area (Å²) in [6, 6.07) is 0. The summed E-state index contributed by atoms with van der Waals surface area (Å²) in [4.78, 5) is 11.0. The summed E-state index contributed by atoms with van der Waals surface area (Å²) in [6.45, 7) is 2.27. The first-order valence-corrected chi connectivity index (χ1v) is 9.95. The maximum atomic E-state index is 11.0. The van der Waals surface area contributed by atoms with Crippen LogP contribution in [0, 0.1) is 0 Å². The summed E-state index contributed by atoms with van der Waals surface area (Å²) < 4.78 is 0. The van der Waals surface area contributed by atoms with Crippen molar-refractivity contribution in [2.75, 3.05) is 0 Å². The number of nitrogens with two attached hydrogens (primary N) is 1. The average molecular weight is 329 g/mol. The van der Waals surface area contributed by atoms with Gasteiger partial charge in [0, 0.05) is 6.42 Å². The molecule has 0 atom stereocenters. The molecule has 0 saturated carbocycles. The highest BCUT2D eigenvalue weighted by Gasteiger charge is 2.04. The van der Waals surface area contributed by atoms with Gasteiger partial charge in [-0.3, -0.25) is 10.0 Å². The molecule has 0 rings (SSSR count). The van der Waals surface area contributed by atoms with Crippen LogP contribution in [0.5, 0.6) is 0 Å². The van der Waals surface area contributed by atoms with E-state index >= 15 is 0 Å². The molecule has 0 aliphatic rings. The Bertz CT molecular complexity index is 258. The third-order valence-corrected chi connectivity index (χ3v) is 4.50. The van der Waals surface area contributed by atoms with Gasteiger partial charge in [-0.25, -0.2) is 5.84 Å². The number of unbranched alkanes of at least 4 members (excludes halogenated alkanes) is 15. The van der Waals surface area contributed by atoms with Gasteiger partial charge < -0.3 is 0 Å². The van der Waals surface area contributed by atoms with Crippen molar-refractivity contribution in [1.29, 1.82) is 0 Å². The van der Waals surface area contributed by atoms with Crippen LogP contribution in [0.3, 0.4) is 0 Å². The molecule has 0 fully saturated rings. The number of nitrogens with zero attached hydrogens (tertiary/aromatic N) is 1. The van der Waals surface area contributed by atoms with Gasteiger partial charge in [-0.1, -0.05) is 103 Å². The fraction of sp³-hybridized carbons (Fsp3) is 0.947. The number of hydrogen-bond donors (Lipinski definition) is 2. The number of amides is 1. The maximum Gasteiger partial charge on any atom is 0.260 e. The third-order valence-electron chi connectivity index (χ3n) is 4.50. The van der Waals surface area contributed by atoms with Crippen LogP contribution in [0.15, 0.2) is 0 Å². The smallest absolute Gasteiger partial charge is 0.260 e. The predicted octanol–water partition coefficient (Wildman–Crippen LogP) is 5.73. The van der Waals surface area contributed by atoms with Gasteiger partial charge in [0.25, 0.3) is 5.91 Å². The Morgan fingerprint density at radius 2 is 1.00 bits per heavy atom. The van der Waals surface area contributed by atoms with E-state index in [2.05, 4.69) is 6.92 Å². The maximum absolute atomic E-state index is 11.0. The van der Waals surface area contributed by atoms with E-state index in [-0.39, 0.29) is 5.17 Å². The van der Waals surface area contributed by atoms with Crippen molar-refractivity contribution in [2.24, 2.45) is 5.84 Å². The van der Waals surface area contributed by atoms with Crippen LogP contribution in [-0.2, 0) is 4.79 Å². The Morgan fingerprint density at radius 3 is 1.30 bits per heavy atom. The van der Waals surface area contributed by atoms with Gasteiger partial charge in [0.05, 0.1) is 0 Å². The zero-order chi connectivity index (χ0) is 17.2. The molecule has 0 heterocycles. The molecular formula is C19H40N2O2. The van der Waals surface area contributed by atoms with E-state index in [0.717, 1.165) is 12.8 Å². The van der Waals surface area contributed by atoms with Crippen LogP contribution in [0.25, 0.3) is 0 Å². The van der Waals surface area contributed by atoms with Crippen molar-refractivity contribution in [2.45, 2.75) is 116 Å². The second-order valence-electron chi connectivity index (χ2n) is 6.79. The van der Waals surface area contributed by atoms with E-state index in [4.69, 9.17) is 11.0 Å². The molecule has 0 spiro atoms. The van der Waals surface area contributed by atoms with Crippen molar-refractivity contribution in [1.82, 2.24) is 5.17 Å². The second-order valence-corrected chi connectivity index (χ2v) is 6.79. The van der Waals surface area contributed by atoms with Gasteiger partial charge in [-0.2, -0.15) is 5.17 Å². The molecule has 23 heavy (non-hydrogen) atoms. The van der Waals surface area contributed by atoms with Crippen molar-refractivity contribution >= 4 is 5.91 Å². The van der Waals surface area contributed by atoms with Crippen molar-refractivity contribution in [3.63, 3.8) is 0 Å². The lowest BCUT2D eigenvalue weighted by atomic mass is 10.0. The van der Waals surface area contributed by atoms with Crippen LogP contribution < -0.4 is 5.84 Å². The molecule has 138 valence electrons. The summed E-state index contributed by atoms with van der Waals surface area (Å²) in [7, 11) is 0. The van der Waals surface area contributed by atoms with Gasteiger partial charge >= 0.3 is 0 Å². The number of hydrogen-bond acceptors (Lipinski definition) is 3. The molecular weight excluding hydrogens is 288 g/mol. The molecule has 0 aromatic carbocycles. The fourth-order valence-corrected chi connectivity index (χ4v) is 2.94. The van der Waals surface area contributed by atoms with E-state index in [1.807, 2.05) is 0 Å². The predicted molar refractivity (Wildman–Crippen MR) is 97.0 cm³/mol. The molecule has 0 aliphatic heterocycles. The summed E-state index contributed by atoms with van der Waals surface area (Å²) in [5.74, 6) is 4.55. The fourth-order valence-electron chi connectivity index (χ4n) is 2.94. The third kappa shape index (κ3) is 17.6. The molecule has 0 aromatic heterocycles. The van der Waals surface area contributed by atoms with Gasteiger partial charge in [0.15, 0.2) is 0 Å². The Labute approximate surface area is 143 Å². The summed E-state index contributed by atoms with van der Waals surface area (Å²) in [5.41, 5.74) is 0. The lowest BCUT2D eigenvalue weighted by Crippen LogP contribution is -2.33. The van der Waals surface area contributed by atoms with Crippen molar-refractivity contribution in [3.05, 3.63) is 0 Å². The van der Waals surface area contributed by atoms with Crippen LogP contribution in [0.2, 0.25) is 0 Å². The van der Waals surface area contributed by atoms with Crippen LogP contribution >= 0.6 is 0 Å². The molecule has 3 N–H and O–H groups in total. The van der Waals surface area contributed by atoms with E-state index in [1.165, 1.54) is 89.9 Å². The molecule has 4 heteroatoms. The molecule has 0 unspecified atom stereocenters. The lowest BCUT2D eigenvalue weighted by Gasteiger charge is -2.07. The highest BCUT2D eigenvalue weighted by atomic mass is 16.5. The molecule has 0 bridgehead atoms. The monoisotopic (exact) mass is 328 g/mol. The van der Waals surface area contributed by atoms with Crippen molar-refractivity contribution < 1.29 is 10.0 Å². The minimum Gasteiger partial charge on any atom is -0.271 e. The summed E-state index contributed by atoms with van der Waals surface area (Å²) in [6.07, 6.45) is 21.4. The van der Waals surface area contributed by atoms with E-state index in [0.29, 0.717) is 6.42 Å². The first kappa shape index (κ1) is 22.4. The van der Waals surface area contributed by atoms with Crippen LogP contribution in [0.4, 0.5) is 0 Å². The Balaban J connectivity index is 3.04. The van der Waals surface area contributed by atoms with Gasteiger partial charge in [0.1, 0.15) is 0 Å². The van der Waals surface area contributed by atoms with Crippen molar-refractivity contribution in [3.8, 4) is 0 Å². The normalized spacial score (nSPS) is 10.9. The Hall–Kier alpha value is -0.610. The standard InChI is InChI=1S/C19H40N2O2/c1-2-3-4-5-6-7-8-9-10-11-12-13-14-15-16-17-18-19(22)21(20)23/h23H,2-18,20H2,1H3. The first-order chi connectivity index (χ1) is 11.2. The van der Waals surface area contributed by atoms with Gasteiger partial charge in [-0.05, 0) is 6.42 Å². The minimum absolute atomic E-state index is 0.200. The molecule has 0 saturated heterocycles. The van der Waals surface area contributed by atoms with Crippen LogP contribution in [-0.4, -0.2) is 16.3 Å². The molecule has 0 aromatic rings. The minimum atomic E-state index is -0.393. The summed E-state index contributed by atoms with van der Waals surface area (Å²) >= 11 is 0. The van der Waals surface area contributed by atoms with E-state index in [9.17, 15) is 4.79 Å². The topological polar surface area (TPSA) is 66.6 Å². The highest BCUT2D eigenvalue weighted by Crippen LogP contribution is 2.14. The SMILES string of the molecule is CCCCCCCCCCCCCCCCCCC(=O)N(N)O. The first-order valence-electron chi connectivity index (χ1n) is 9.95. The highest BCUT2D eigenvalue weighted by molar-refractivity contribution is 5.74. The zero-order valence-corrected chi connectivity index (χ0v) is 15.4. The van der Waals surface area contributed by atoms with Crippen LogP contribution in [0.1, 0.15) is 116 Å². The second kappa shape index (κ2) is 17.7. The Morgan fingerprint density at radius 1 is 0.696 bits per heavy atom. The van der Waals surface area contributed by atoms with E-state index in [1.54, 1.807) is 0 Å². The number of hydrazine groups is 1. The summed E-state index contributed by atoms with van der Waals surface area (Å²) in [5, 5.41) is 8.91.